The van der Waals surface area contributed by atoms with E-state index in [0.717, 1.165) is 16.4 Å². The summed E-state index contributed by atoms with van der Waals surface area (Å²) in [7, 11) is 1.72. The van der Waals surface area contributed by atoms with Crippen molar-refractivity contribution in [3.8, 4) is 34.9 Å². The molecule has 0 bridgehead atoms. The van der Waals surface area contributed by atoms with Gasteiger partial charge in [-0.3, -0.25) is 4.68 Å². The molecule has 1 aromatic carbocycles. The summed E-state index contributed by atoms with van der Waals surface area (Å²) in [5.74, 6) is 5.34. The molecule has 0 aliphatic heterocycles. The zero-order chi connectivity index (χ0) is 16.6. The number of hydrogen-bond acceptors (Lipinski definition) is 3. The average molecular weight is 421 g/mol. The van der Waals surface area contributed by atoms with E-state index in [4.69, 9.17) is 4.74 Å². The minimum absolute atomic E-state index is 0.105. The summed E-state index contributed by atoms with van der Waals surface area (Å²) < 4.78 is 23.2. The molecule has 1 aliphatic carbocycles. The largest absolute Gasteiger partial charge is 0.489 e. The smallest absolute Gasteiger partial charge is 0.149 e. The molecule has 3 rings (SSSR count). The molecule has 116 valence electrons. The molecule has 1 saturated carbocycles. The van der Waals surface area contributed by atoms with E-state index in [2.05, 4.69) is 45.6 Å². The van der Waals surface area contributed by atoms with Gasteiger partial charge in [-0.1, -0.05) is 5.92 Å². The third-order valence-corrected chi connectivity index (χ3v) is 4.34. The Kier molecular flexibility index (Phi) is 4.27. The fourth-order valence-electron chi connectivity index (χ4n) is 2.34. The first-order chi connectivity index (χ1) is 11.1. The van der Waals surface area contributed by atoms with Gasteiger partial charge < -0.3 is 4.74 Å². The molecule has 0 saturated heterocycles. The Morgan fingerprint density at radius 3 is 2.74 bits per heavy atom. The number of ether oxygens (including phenoxy) is 1. The van der Waals surface area contributed by atoms with E-state index in [1.807, 2.05) is 0 Å². The fraction of sp³-hybridized carbons (Fsp3) is 0.294. The van der Waals surface area contributed by atoms with Gasteiger partial charge in [0.25, 0.3) is 0 Å². The monoisotopic (exact) mass is 421 g/mol. The molecule has 1 heterocycles. The molecule has 1 aromatic heterocycles. The summed E-state index contributed by atoms with van der Waals surface area (Å²) in [6.45, 7) is 1.65. The van der Waals surface area contributed by atoms with Gasteiger partial charge in [0, 0.05) is 13.1 Å². The van der Waals surface area contributed by atoms with Crippen LogP contribution in [0.1, 0.15) is 30.9 Å². The van der Waals surface area contributed by atoms with Crippen molar-refractivity contribution >= 4 is 22.6 Å². The van der Waals surface area contributed by atoms with E-state index in [9.17, 15) is 5.26 Å². The van der Waals surface area contributed by atoms with Crippen molar-refractivity contribution in [3.63, 3.8) is 0 Å². The number of benzene rings is 1. The van der Waals surface area contributed by atoms with Crippen molar-refractivity contribution < 1.29 is 9.13 Å². The summed E-state index contributed by atoms with van der Waals surface area (Å²) >= 11 is 2.08. The average Bonchev–Trinajstić information content (AvgIpc) is 3.28. The minimum atomic E-state index is -0.513. The lowest BCUT2D eigenvalue weighted by atomic mass is 9.99. The molecule has 0 N–H and O–H groups in total. The molecule has 0 amide bonds. The van der Waals surface area contributed by atoms with Crippen LogP contribution in [0.4, 0.5) is 4.39 Å². The Bertz CT molecular complexity index is 862. The standard InChI is InChI=1S/C17H13FIN3O/c1-3-4-10-7-14(23-11-5-6-11)12(8-20)15(16(10)18)17-13(19)9-21-22(17)2/h7,9,11H,5-6H2,1-2H3. The van der Waals surface area contributed by atoms with Crippen LogP contribution >= 0.6 is 22.6 Å². The van der Waals surface area contributed by atoms with E-state index in [1.165, 1.54) is 6.07 Å². The third kappa shape index (κ3) is 2.91. The van der Waals surface area contributed by atoms with Gasteiger partial charge in [0.2, 0.25) is 0 Å². The third-order valence-electron chi connectivity index (χ3n) is 3.55. The van der Waals surface area contributed by atoms with E-state index in [1.54, 1.807) is 24.9 Å². The van der Waals surface area contributed by atoms with Crippen molar-refractivity contribution in [2.24, 2.45) is 7.05 Å². The van der Waals surface area contributed by atoms with Crippen LogP contribution in [0.25, 0.3) is 11.3 Å². The van der Waals surface area contributed by atoms with Gasteiger partial charge in [-0.15, -0.1) is 5.92 Å². The Balaban J connectivity index is 2.32. The van der Waals surface area contributed by atoms with Gasteiger partial charge in [-0.05, 0) is 42.4 Å². The molecule has 23 heavy (non-hydrogen) atoms. The predicted molar refractivity (Wildman–Crippen MR) is 92.2 cm³/mol. The molecule has 0 spiro atoms. The van der Waals surface area contributed by atoms with Crippen molar-refractivity contribution in [1.29, 1.82) is 5.26 Å². The van der Waals surface area contributed by atoms with E-state index in [0.29, 0.717) is 11.4 Å². The molecule has 0 unspecified atom stereocenters. The molecular formula is C17H13FIN3O. The normalized spacial score (nSPS) is 13.2. The number of halogens is 2. The summed E-state index contributed by atoms with van der Waals surface area (Å²) in [6.07, 6.45) is 3.65. The maximum atomic E-state index is 15.0. The highest BCUT2D eigenvalue weighted by molar-refractivity contribution is 14.1. The van der Waals surface area contributed by atoms with Crippen LogP contribution in [0, 0.1) is 32.6 Å². The van der Waals surface area contributed by atoms with Crippen LogP contribution in [0.5, 0.6) is 5.75 Å². The van der Waals surface area contributed by atoms with Gasteiger partial charge in [0.15, 0.2) is 0 Å². The van der Waals surface area contributed by atoms with Crippen LogP contribution in [0.3, 0.4) is 0 Å². The molecule has 0 radical (unpaired) electrons. The van der Waals surface area contributed by atoms with Crippen molar-refractivity contribution in [1.82, 2.24) is 9.78 Å². The lowest BCUT2D eigenvalue weighted by Crippen LogP contribution is -2.06. The lowest BCUT2D eigenvalue weighted by molar-refractivity contribution is 0.302. The number of hydrogen-bond donors (Lipinski definition) is 0. The van der Waals surface area contributed by atoms with Crippen LogP contribution < -0.4 is 4.74 Å². The maximum Gasteiger partial charge on any atom is 0.149 e. The zero-order valence-electron chi connectivity index (χ0n) is 12.7. The van der Waals surface area contributed by atoms with Crippen molar-refractivity contribution in [3.05, 3.63) is 32.8 Å². The number of nitriles is 1. The summed E-state index contributed by atoms with van der Waals surface area (Å²) in [4.78, 5) is 0. The molecule has 1 fully saturated rings. The zero-order valence-corrected chi connectivity index (χ0v) is 14.8. The number of aryl methyl sites for hydroxylation is 1. The van der Waals surface area contributed by atoms with Crippen LogP contribution in [-0.4, -0.2) is 15.9 Å². The minimum Gasteiger partial charge on any atom is -0.489 e. The second kappa shape index (κ2) is 6.21. The molecule has 0 atom stereocenters. The summed E-state index contributed by atoms with van der Waals surface area (Å²) in [5.41, 5.74) is 1.18. The van der Waals surface area contributed by atoms with Gasteiger partial charge in [-0.25, -0.2) is 4.39 Å². The molecular weight excluding hydrogens is 408 g/mol. The first-order valence-corrected chi connectivity index (χ1v) is 8.18. The maximum absolute atomic E-state index is 15.0. The number of nitrogens with zero attached hydrogens (tertiary/aromatic N) is 3. The Hall–Kier alpha value is -2.06. The fourth-order valence-corrected chi connectivity index (χ4v) is 3.09. The molecule has 4 nitrogen and oxygen atoms in total. The summed E-state index contributed by atoms with van der Waals surface area (Å²) in [6, 6.07) is 3.62. The first kappa shape index (κ1) is 15.8. The second-order valence-corrected chi connectivity index (χ2v) is 6.42. The van der Waals surface area contributed by atoms with Gasteiger partial charge in [0.05, 0.1) is 32.7 Å². The first-order valence-electron chi connectivity index (χ1n) is 7.10. The summed E-state index contributed by atoms with van der Waals surface area (Å²) in [5, 5.41) is 13.7. The number of rotatable bonds is 3. The highest BCUT2D eigenvalue weighted by atomic mass is 127. The molecule has 1 aliphatic rings. The topological polar surface area (TPSA) is 50.8 Å². The van der Waals surface area contributed by atoms with Crippen molar-refractivity contribution in [2.75, 3.05) is 0 Å². The Labute approximate surface area is 147 Å². The Morgan fingerprint density at radius 2 is 2.22 bits per heavy atom. The molecule has 2 aromatic rings. The second-order valence-electron chi connectivity index (χ2n) is 5.25. The Morgan fingerprint density at radius 1 is 1.48 bits per heavy atom. The number of aromatic nitrogens is 2. The molecule has 6 heteroatoms. The van der Waals surface area contributed by atoms with Crippen LogP contribution in [0.15, 0.2) is 12.3 Å². The van der Waals surface area contributed by atoms with Crippen LogP contribution in [0.2, 0.25) is 0 Å². The van der Waals surface area contributed by atoms with Gasteiger partial charge in [0.1, 0.15) is 23.2 Å². The van der Waals surface area contributed by atoms with Gasteiger partial charge >= 0.3 is 0 Å². The lowest BCUT2D eigenvalue weighted by Gasteiger charge is -2.14. The van der Waals surface area contributed by atoms with E-state index < -0.39 is 5.82 Å². The highest BCUT2D eigenvalue weighted by Crippen LogP contribution is 2.39. The van der Waals surface area contributed by atoms with E-state index >= 15 is 4.39 Å². The van der Waals surface area contributed by atoms with Gasteiger partial charge in [-0.2, -0.15) is 10.4 Å². The SMILES string of the molecule is CC#Cc1cc(OC2CC2)c(C#N)c(-c2c(I)cnn2C)c1F. The van der Waals surface area contributed by atoms with Crippen molar-refractivity contribution in [2.45, 2.75) is 25.9 Å². The van der Waals surface area contributed by atoms with Crippen LogP contribution in [-0.2, 0) is 7.05 Å². The van der Waals surface area contributed by atoms with E-state index in [-0.39, 0.29) is 22.8 Å². The quantitative estimate of drug-likeness (QED) is 0.562. The highest BCUT2D eigenvalue weighted by Gasteiger charge is 2.29. The predicted octanol–water partition coefficient (Wildman–Crippen LogP) is 3.62.